The van der Waals surface area contributed by atoms with Gasteiger partial charge in [-0.1, -0.05) is 13.8 Å². The Labute approximate surface area is 81.7 Å². The van der Waals surface area contributed by atoms with Gasteiger partial charge in [-0.3, -0.25) is 0 Å². The van der Waals surface area contributed by atoms with Gasteiger partial charge in [-0.25, -0.2) is 0 Å². The smallest absolute Gasteiger partial charge is 0.0613 e. The first-order valence-electron chi connectivity index (χ1n) is 5.54. The van der Waals surface area contributed by atoms with Crippen molar-refractivity contribution >= 4 is 0 Å². The highest BCUT2D eigenvalue weighted by atomic mass is 16.3. The van der Waals surface area contributed by atoms with E-state index in [1.165, 1.54) is 19.3 Å². The molecular formula is C11H23NO. The molecule has 0 unspecified atom stereocenters. The van der Waals surface area contributed by atoms with E-state index in [0.717, 1.165) is 25.3 Å². The lowest BCUT2D eigenvalue weighted by molar-refractivity contribution is 0.0884. The van der Waals surface area contributed by atoms with Crippen LogP contribution >= 0.6 is 0 Å². The zero-order valence-corrected chi connectivity index (χ0v) is 8.97. The predicted octanol–water partition coefficient (Wildman–Crippen LogP) is 1.93. The predicted molar refractivity (Wildman–Crippen MR) is 55.7 cm³/mol. The molecule has 0 spiro atoms. The first kappa shape index (κ1) is 11.0. The minimum absolute atomic E-state index is 0.108. The largest absolute Gasteiger partial charge is 0.394 e. The van der Waals surface area contributed by atoms with Gasteiger partial charge < -0.3 is 10.4 Å². The molecule has 13 heavy (non-hydrogen) atoms. The van der Waals surface area contributed by atoms with Gasteiger partial charge in [-0.2, -0.15) is 0 Å². The van der Waals surface area contributed by atoms with Crippen molar-refractivity contribution in [3.63, 3.8) is 0 Å². The number of hydrogen-bond donors (Lipinski definition) is 2. The Hall–Kier alpha value is -0.0800. The Morgan fingerprint density at radius 3 is 2.46 bits per heavy atom. The molecule has 0 saturated heterocycles. The monoisotopic (exact) mass is 185 g/mol. The van der Waals surface area contributed by atoms with Crippen LogP contribution in [0.25, 0.3) is 0 Å². The molecule has 0 aromatic carbocycles. The number of hydrogen-bond acceptors (Lipinski definition) is 2. The molecule has 1 saturated carbocycles. The number of rotatable bonds is 6. The SMILES string of the molecule is CC(C)CCCNC1(CO)CCC1. The van der Waals surface area contributed by atoms with Gasteiger partial charge >= 0.3 is 0 Å². The third-order valence-electron chi connectivity index (χ3n) is 3.07. The summed E-state index contributed by atoms with van der Waals surface area (Å²) in [7, 11) is 0. The summed E-state index contributed by atoms with van der Waals surface area (Å²) in [4.78, 5) is 0. The van der Waals surface area contributed by atoms with Crippen LogP contribution in [0.2, 0.25) is 0 Å². The second kappa shape index (κ2) is 4.97. The van der Waals surface area contributed by atoms with E-state index in [4.69, 9.17) is 0 Å². The molecule has 0 aromatic rings. The molecular weight excluding hydrogens is 162 g/mol. The quantitative estimate of drug-likeness (QED) is 0.620. The summed E-state index contributed by atoms with van der Waals surface area (Å²) in [5.74, 6) is 0.799. The molecule has 0 bridgehead atoms. The van der Waals surface area contributed by atoms with Gasteiger partial charge in [0.25, 0.3) is 0 Å². The summed E-state index contributed by atoms with van der Waals surface area (Å²) >= 11 is 0. The molecule has 1 rings (SSSR count). The van der Waals surface area contributed by atoms with E-state index in [1.807, 2.05) is 0 Å². The molecule has 78 valence electrons. The Morgan fingerprint density at radius 1 is 1.38 bits per heavy atom. The fourth-order valence-electron chi connectivity index (χ4n) is 1.86. The Bertz CT molecular complexity index is 136. The second-order valence-corrected chi connectivity index (χ2v) is 4.75. The van der Waals surface area contributed by atoms with Crippen LogP contribution in [0, 0.1) is 5.92 Å². The van der Waals surface area contributed by atoms with E-state index in [9.17, 15) is 5.11 Å². The number of aliphatic hydroxyl groups excluding tert-OH is 1. The normalized spacial score (nSPS) is 20.3. The van der Waals surface area contributed by atoms with Gasteiger partial charge in [-0.05, 0) is 44.6 Å². The maximum absolute atomic E-state index is 9.18. The highest BCUT2D eigenvalue weighted by molar-refractivity contribution is 4.95. The van der Waals surface area contributed by atoms with Gasteiger partial charge in [-0.15, -0.1) is 0 Å². The van der Waals surface area contributed by atoms with Gasteiger partial charge in [0.2, 0.25) is 0 Å². The Morgan fingerprint density at radius 2 is 2.08 bits per heavy atom. The maximum Gasteiger partial charge on any atom is 0.0613 e. The van der Waals surface area contributed by atoms with Crippen LogP contribution in [0.5, 0.6) is 0 Å². The van der Waals surface area contributed by atoms with E-state index in [1.54, 1.807) is 0 Å². The van der Waals surface area contributed by atoms with Crippen LogP contribution in [0.3, 0.4) is 0 Å². The van der Waals surface area contributed by atoms with Crippen LogP contribution in [0.4, 0.5) is 0 Å². The summed E-state index contributed by atoms with van der Waals surface area (Å²) in [5.41, 5.74) is 0.108. The lowest BCUT2D eigenvalue weighted by atomic mass is 9.77. The van der Waals surface area contributed by atoms with Crippen molar-refractivity contribution in [2.24, 2.45) is 5.92 Å². The number of aliphatic hydroxyl groups is 1. The van der Waals surface area contributed by atoms with Crippen LogP contribution in [-0.2, 0) is 0 Å². The van der Waals surface area contributed by atoms with Gasteiger partial charge in [0.1, 0.15) is 0 Å². The van der Waals surface area contributed by atoms with Gasteiger partial charge in [0, 0.05) is 5.54 Å². The first-order chi connectivity index (χ1) is 6.18. The Kier molecular flexibility index (Phi) is 4.20. The molecule has 0 atom stereocenters. The molecule has 0 aromatic heterocycles. The molecule has 0 heterocycles. The molecule has 1 aliphatic rings. The van der Waals surface area contributed by atoms with Crippen LogP contribution in [0.1, 0.15) is 46.0 Å². The van der Waals surface area contributed by atoms with Crippen LogP contribution in [-0.4, -0.2) is 23.8 Å². The Balaban J connectivity index is 2.04. The fourth-order valence-corrected chi connectivity index (χ4v) is 1.86. The summed E-state index contributed by atoms with van der Waals surface area (Å²) in [6.45, 7) is 5.89. The van der Waals surface area contributed by atoms with Gasteiger partial charge in [0.15, 0.2) is 0 Å². The molecule has 1 fully saturated rings. The molecule has 1 aliphatic carbocycles. The highest BCUT2D eigenvalue weighted by Crippen LogP contribution is 2.30. The minimum atomic E-state index is 0.108. The average Bonchev–Trinajstić information content (AvgIpc) is 2.01. The molecule has 0 amide bonds. The minimum Gasteiger partial charge on any atom is -0.394 e. The maximum atomic E-state index is 9.18. The lowest BCUT2D eigenvalue weighted by Crippen LogP contribution is -2.54. The molecule has 0 aliphatic heterocycles. The van der Waals surface area contributed by atoms with E-state index < -0.39 is 0 Å². The zero-order valence-electron chi connectivity index (χ0n) is 8.97. The topological polar surface area (TPSA) is 32.3 Å². The van der Waals surface area contributed by atoms with E-state index in [0.29, 0.717) is 6.61 Å². The zero-order chi connectivity index (χ0) is 9.73. The summed E-state index contributed by atoms with van der Waals surface area (Å²) < 4.78 is 0. The molecule has 2 heteroatoms. The van der Waals surface area contributed by atoms with Crippen molar-refractivity contribution < 1.29 is 5.11 Å². The molecule has 2 nitrogen and oxygen atoms in total. The van der Waals surface area contributed by atoms with Gasteiger partial charge in [0.05, 0.1) is 6.61 Å². The number of nitrogens with one attached hydrogen (secondary N) is 1. The summed E-state index contributed by atoms with van der Waals surface area (Å²) in [6, 6.07) is 0. The van der Waals surface area contributed by atoms with Crippen molar-refractivity contribution in [1.82, 2.24) is 5.32 Å². The van der Waals surface area contributed by atoms with Crippen molar-refractivity contribution in [3.8, 4) is 0 Å². The van der Waals surface area contributed by atoms with Crippen molar-refractivity contribution in [3.05, 3.63) is 0 Å². The van der Waals surface area contributed by atoms with Crippen LogP contribution < -0.4 is 5.32 Å². The summed E-state index contributed by atoms with van der Waals surface area (Å²) in [6.07, 6.45) is 6.11. The molecule has 0 radical (unpaired) electrons. The third kappa shape index (κ3) is 3.28. The molecule has 2 N–H and O–H groups in total. The first-order valence-corrected chi connectivity index (χ1v) is 5.54. The highest BCUT2D eigenvalue weighted by Gasteiger charge is 2.35. The third-order valence-corrected chi connectivity index (χ3v) is 3.07. The van der Waals surface area contributed by atoms with E-state index >= 15 is 0 Å². The fraction of sp³-hybridized carbons (Fsp3) is 1.00. The van der Waals surface area contributed by atoms with Crippen LogP contribution in [0.15, 0.2) is 0 Å². The van der Waals surface area contributed by atoms with E-state index in [-0.39, 0.29) is 5.54 Å². The summed E-state index contributed by atoms with van der Waals surface area (Å²) in [5, 5.41) is 12.7. The van der Waals surface area contributed by atoms with E-state index in [2.05, 4.69) is 19.2 Å². The standard InChI is InChI=1S/C11H23NO/c1-10(2)5-3-8-12-11(9-13)6-4-7-11/h10,12-13H,3-9H2,1-2H3. The van der Waals surface area contributed by atoms with Crippen molar-refractivity contribution in [2.45, 2.75) is 51.5 Å². The average molecular weight is 185 g/mol. The van der Waals surface area contributed by atoms with Crippen molar-refractivity contribution in [2.75, 3.05) is 13.2 Å². The lowest BCUT2D eigenvalue weighted by Gasteiger charge is -2.41. The van der Waals surface area contributed by atoms with Crippen molar-refractivity contribution in [1.29, 1.82) is 0 Å². The second-order valence-electron chi connectivity index (χ2n) is 4.75.